The zero-order chi connectivity index (χ0) is 25.5. The lowest BCUT2D eigenvalue weighted by Gasteiger charge is -2.31. The van der Waals surface area contributed by atoms with Crippen molar-refractivity contribution < 1.29 is 22.8 Å². The molecule has 34 heavy (non-hydrogen) atoms. The summed E-state index contributed by atoms with van der Waals surface area (Å²) in [5.74, 6) is -1.06. The zero-order valence-electron chi connectivity index (χ0n) is 20.4. The molecule has 0 radical (unpaired) electrons. The van der Waals surface area contributed by atoms with E-state index in [0.29, 0.717) is 12.1 Å². The minimum atomic E-state index is -3.85. The molecule has 0 saturated heterocycles. The number of ketones is 1. The van der Waals surface area contributed by atoms with Crippen molar-refractivity contribution in [2.24, 2.45) is 0 Å². The van der Waals surface area contributed by atoms with Crippen molar-refractivity contribution in [2.45, 2.75) is 46.7 Å². The molecule has 2 aromatic rings. The molecule has 0 fully saturated rings. The highest BCUT2D eigenvalue weighted by atomic mass is 32.2. The number of hydrogen-bond acceptors (Lipinski definition) is 5. The molecule has 9 heteroatoms. The van der Waals surface area contributed by atoms with Gasteiger partial charge >= 0.3 is 0 Å². The van der Waals surface area contributed by atoms with Crippen molar-refractivity contribution >= 4 is 33.3 Å². The van der Waals surface area contributed by atoms with Crippen LogP contribution in [0.3, 0.4) is 0 Å². The predicted octanol–water partition coefficient (Wildman–Crippen LogP) is 2.91. The first-order valence-electron chi connectivity index (χ1n) is 11.2. The summed E-state index contributed by atoms with van der Waals surface area (Å²) in [5.41, 5.74) is 2.38. The lowest BCUT2D eigenvalue weighted by atomic mass is 10.1. The average Bonchev–Trinajstić information content (AvgIpc) is 2.78. The van der Waals surface area contributed by atoms with Gasteiger partial charge < -0.3 is 10.2 Å². The molecule has 0 heterocycles. The van der Waals surface area contributed by atoms with Crippen LogP contribution in [-0.4, -0.2) is 56.3 Å². The fraction of sp³-hybridized carbons (Fsp3) is 0.400. The minimum absolute atomic E-state index is 0.145. The fourth-order valence-electron chi connectivity index (χ4n) is 3.48. The first kappa shape index (κ1) is 27.0. The van der Waals surface area contributed by atoms with Gasteiger partial charge in [-0.3, -0.25) is 18.7 Å². The van der Waals surface area contributed by atoms with Crippen LogP contribution in [0.15, 0.2) is 48.5 Å². The van der Waals surface area contributed by atoms with Crippen molar-refractivity contribution in [2.75, 3.05) is 23.7 Å². The van der Waals surface area contributed by atoms with Crippen LogP contribution in [0.4, 0.5) is 5.69 Å². The molecule has 1 atom stereocenters. The second kappa shape index (κ2) is 11.8. The summed E-state index contributed by atoms with van der Waals surface area (Å²) >= 11 is 0. The second-order valence-corrected chi connectivity index (χ2v) is 10.3. The number of amides is 2. The SMILES string of the molecule is CCCNC(=O)C(C)N(Cc1cccc(C)c1)C(=O)CN(c1cccc(C(C)=O)c1)S(C)(=O)=O. The van der Waals surface area contributed by atoms with Crippen molar-refractivity contribution in [3.8, 4) is 0 Å². The zero-order valence-corrected chi connectivity index (χ0v) is 21.2. The lowest BCUT2D eigenvalue weighted by Crippen LogP contribution is -2.51. The summed E-state index contributed by atoms with van der Waals surface area (Å²) in [7, 11) is -3.85. The molecule has 0 aromatic heterocycles. The number of aryl methyl sites for hydroxylation is 1. The Kier molecular flexibility index (Phi) is 9.37. The highest BCUT2D eigenvalue weighted by Crippen LogP contribution is 2.21. The molecule has 2 aromatic carbocycles. The predicted molar refractivity (Wildman–Crippen MR) is 133 cm³/mol. The van der Waals surface area contributed by atoms with E-state index in [2.05, 4.69) is 5.32 Å². The van der Waals surface area contributed by atoms with E-state index in [1.165, 1.54) is 24.0 Å². The van der Waals surface area contributed by atoms with Gasteiger partial charge in [-0.05, 0) is 44.9 Å². The van der Waals surface area contributed by atoms with Crippen LogP contribution in [0.2, 0.25) is 0 Å². The van der Waals surface area contributed by atoms with Gasteiger partial charge in [0.05, 0.1) is 11.9 Å². The van der Waals surface area contributed by atoms with Gasteiger partial charge in [-0.25, -0.2) is 8.42 Å². The fourth-order valence-corrected chi connectivity index (χ4v) is 4.32. The van der Waals surface area contributed by atoms with Gasteiger partial charge in [-0.15, -0.1) is 0 Å². The number of nitrogens with one attached hydrogen (secondary N) is 1. The first-order valence-corrected chi connectivity index (χ1v) is 13.0. The highest BCUT2D eigenvalue weighted by molar-refractivity contribution is 7.92. The molecular formula is C25H33N3O5S. The third-order valence-electron chi connectivity index (χ3n) is 5.37. The van der Waals surface area contributed by atoms with Crippen LogP contribution >= 0.6 is 0 Å². The van der Waals surface area contributed by atoms with Crippen molar-refractivity contribution in [1.82, 2.24) is 10.2 Å². The number of Topliss-reactive ketones (excluding diaryl/α,β-unsaturated/α-hetero) is 1. The van der Waals surface area contributed by atoms with Gasteiger partial charge in [-0.2, -0.15) is 0 Å². The van der Waals surface area contributed by atoms with Gasteiger partial charge in [0.1, 0.15) is 12.6 Å². The average molecular weight is 488 g/mol. The standard InChI is InChI=1S/C25H33N3O5S/c1-6-13-26-25(31)19(3)27(16-21-10-7-9-18(2)14-21)24(30)17-28(34(5,32)33)23-12-8-11-22(15-23)20(4)29/h7-12,14-15,19H,6,13,16-17H2,1-5H3,(H,26,31). The molecule has 2 amide bonds. The molecule has 0 spiro atoms. The summed E-state index contributed by atoms with van der Waals surface area (Å²) in [6.07, 6.45) is 1.75. The molecule has 1 unspecified atom stereocenters. The van der Waals surface area contributed by atoms with E-state index in [-0.39, 0.29) is 23.9 Å². The largest absolute Gasteiger partial charge is 0.354 e. The Morgan fingerprint density at radius 1 is 1.06 bits per heavy atom. The maximum absolute atomic E-state index is 13.5. The minimum Gasteiger partial charge on any atom is -0.354 e. The summed E-state index contributed by atoms with van der Waals surface area (Å²) in [6, 6.07) is 12.9. The lowest BCUT2D eigenvalue weighted by molar-refractivity contribution is -0.139. The van der Waals surface area contributed by atoms with Crippen molar-refractivity contribution in [1.29, 1.82) is 0 Å². The maximum atomic E-state index is 13.5. The van der Waals surface area contributed by atoms with Crippen LogP contribution in [0.25, 0.3) is 0 Å². The van der Waals surface area contributed by atoms with E-state index in [1.54, 1.807) is 19.1 Å². The third kappa shape index (κ3) is 7.41. The Hall–Kier alpha value is -3.20. The number of rotatable bonds is 11. The van der Waals surface area contributed by atoms with Gasteiger partial charge in [0, 0.05) is 18.7 Å². The molecule has 0 aliphatic heterocycles. The summed E-state index contributed by atoms with van der Waals surface area (Å²) in [4.78, 5) is 39.4. The monoisotopic (exact) mass is 487 g/mol. The maximum Gasteiger partial charge on any atom is 0.244 e. The first-order chi connectivity index (χ1) is 15.9. The molecule has 0 aliphatic carbocycles. The summed E-state index contributed by atoms with van der Waals surface area (Å²) < 4.78 is 26.2. The van der Waals surface area contributed by atoms with Crippen molar-refractivity contribution in [3.63, 3.8) is 0 Å². The normalized spacial score (nSPS) is 12.0. The Morgan fingerprint density at radius 3 is 2.32 bits per heavy atom. The molecule has 184 valence electrons. The van der Waals surface area contributed by atoms with Gasteiger partial charge in [0.25, 0.3) is 0 Å². The number of benzene rings is 2. The van der Waals surface area contributed by atoms with E-state index < -0.39 is 28.5 Å². The number of carbonyl (C=O) groups excluding carboxylic acids is 3. The van der Waals surface area contributed by atoms with Crippen LogP contribution in [-0.2, 0) is 26.2 Å². The molecular weight excluding hydrogens is 454 g/mol. The Labute approximate surface area is 202 Å². The molecule has 1 N–H and O–H groups in total. The van der Waals surface area contributed by atoms with Crippen LogP contribution < -0.4 is 9.62 Å². The molecule has 0 aliphatic rings. The van der Waals surface area contributed by atoms with Gasteiger partial charge in [0.15, 0.2) is 5.78 Å². The van der Waals surface area contributed by atoms with E-state index in [1.807, 2.05) is 38.1 Å². The summed E-state index contributed by atoms with van der Waals surface area (Å²) in [5, 5.41) is 2.80. The highest BCUT2D eigenvalue weighted by Gasteiger charge is 2.30. The number of hydrogen-bond donors (Lipinski definition) is 1. The smallest absolute Gasteiger partial charge is 0.244 e. The number of sulfonamides is 1. The third-order valence-corrected chi connectivity index (χ3v) is 6.51. The van der Waals surface area contributed by atoms with Gasteiger partial charge in [0.2, 0.25) is 21.8 Å². The number of anilines is 1. The van der Waals surface area contributed by atoms with E-state index in [0.717, 1.165) is 28.1 Å². The van der Waals surface area contributed by atoms with E-state index in [9.17, 15) is 22.8 Å². The van der Waals surface area contributed by atoms with Crippen molar-refractivity contribution in [3.05, 3.63) is 65.2 Å². The Balaban J connectivity index is 2.41. The Bertz CT molecular complexity index is 1150. The van der Waals surface area contributed by atoms with Crippen LogP contribution in [0.1, 0.15) is 48.7 Å². The number of carbonyl (C=O) groups is 3. The topological polar surface area (TPSA) is 104 Å². The van der Waals surface area contributed by atoms with Crippen LogP contribution in [0.5, 0.6) is 0 Å². The van der Waals surface area contributed by atoms with E-state index >= 15 is 0 Å². The molecule has 0 bridgehead atoms. The number of nitrogens with zero attached hydrogens (tertiary/aromatic N) is 2. The molecule has 2 rings (SSSR count). The van der Waals surface area contributed by atoms with Gasteiger partial charge in [-0.1, -0.05) is 48.9 Å². The summed E-state index contributed by atoms with van der Waals surface area (Å²) in [6.45, 7) is 6.99. The molecule has 0 saturated carbocycles. The van der Waals surface area contributed by atoms with Crippen LogP contribution in [0, 0.1) is 6.92 Å². The molecule has 8 nitrogen and oxygen atoms in total. The second-order valence-electron chi connectivity index (χ2n) is 8.35. The van der Waals surface area contributed by atoms with E-state index in [4.69, 9.17) is 0 Å². The quantitative estimate of drug-likeness (QED) is 0.491. The Morgan fingerprint density at radius 2 is 1.74 bits per heavy atom.